The molecule has 102 valence electrons. The van der Waals surface area contributed by atoms with Gasteiger partial charge in [-0.05, 0) is 33.1 Å². The molecule has 0 spiro atoms. The summed E-state index contributed by atoms with van der Waals surface area (Å²) in [7, 11) is 0. The first-order chi connectivity index (χ1) is 7.95. The molecule has 1 rings (SSSR count). The highest BCUT2D eigenvalue weighted by molar-refractivity contribution is 4.92. The Hall–Kier alpha value is -0.120. The van der Waals surface area contributed by atoms with Gasteiger partial charge in [-0.25, -0.2) is 0 Å². The van der Waals surface area contributed by atoms with Gasteiger partial charge in [0.2, 0.25) is 0 Å². The Morgan fingerprint density at radius 2 is 2.12 bits per heavy atom. The average Bonchev–Trinajstić information content (AvgIpc) is 2.22. The summed E-state index contributed by atoms with van der Waals surface area (Å²) in [5, 5.41) is 3.68. The van der Waals surface area contributed by atoms with Gasteiger partial charge >= 0.3 is 0 Å². The Bertz CT molecular complexity index is 216. The molecule has 0 radical (unpaired) electrons. The molecule has 0 amide bonds. The summed E-state index contributed by atoms with van der Waals surface area (Å²) in [6.45, 7) is 16.2. The molecule has 1 heterocycles. The predicted molar refractivity (Wildman–Crippen MR) is 73.4 cm³/mol. The van der Waals surface area contributed by atoms with Crippen LogP contribution in [-0.2, 0) is 4.74 Å². The minimum absolute atomic E-state index is 0.255. The summed E-state index contributed by atoms with van der Waals surface area (Å²) in [6, 6.07) is 0.643. The van der Waals surface area contributed by atoms with Crippen LogP contribution in [0.4, 0.5) is 0 Å². The van der Waals surface area contributed by atoms with Gasteiger partial charge in [-0.3, -0.25) is 4.90 Å². The summed E-state index contributed by atoms with van der Waals surface area (Å²) < 4.78 is 5.48. The molecule has 1 aliphatic rings. The van der Waals surface area contributed by atoms with Crippen LogP contribution in [0, 0.1) is 5.92 Å². The van der Waals surface area contributed by atoms with Crippen molar-refractivity contribution in [3.05, 3.63) is 0 Å². The number of nitrogens with one attached hydrogen (secondary N) is 1. The number of nitrogens with zero attached hydrogens (tertiary/aromatic N) is 1. The number of ether oxygens (including phenoxy) is 1. The van der Waals surface area contributed by atoms with E-state index in [9.17, 15) is 0 Å². The lowest BCUT2D eigenvalue weighted by atomic mass is 9.94. The Morgan fingerprint density at radius 1 is 1.41 bits per heavy atom. The van der Waals surface area contributed by atoms with Crippen molar-refractivity contribution in [3.63, 3.8) is 0 Å². The smallest absolute Gasteiger partial charge is 0.0593 e. The third-order valence-corrected chi connectivity index (χ3v) is 3.59. The van der Waals surface area contributed by atoms with E-state index in [1.807, 2.05) is 0 Å². The molecular formula is C14H30N2O. The van der Waals surface area contributed by atoms with E-state index in [0.29, 0.717) is 6.04 Å². The maximum atomic E-state index is 5.48. The van der Waals surface area contributed by atoms with E-state index in [2.05, 4.69) is 44.8 Å². The number of rotatable bonds is 6. The van der Waals surface area contributed by atoms with Crippen molar-refractivity contribution >= 4 is 0 Å². The second-order valence-electron chi connectivity index (χ2n) is 6.16. The van der Waals surface area contributed by atoms with E-state index in [1.54, 1.807) is 0 Å². The van der Waals surface area contributed by atoms with Gasteiger partial charge in [0.05, 0.1) is 6.61 Å². The van der Waals surface area contributed by atoms with Crippen molar-refractivity contribution in [2.75, 3.05) is 32.8 Å². The van der Waals surface area contributed by atoms with E-state index >= 15 is 0 Å². The summed E-state index contributed by atoms with van der Waals surface area (Å²) in [6.07, 6.45) is 1.27. The number of hydrogen-bond donors (Lipinski definition) is 1. The van der Waals surface area contributed by atoms with Crippen molar-refractivity contribution in [2.45, 2.75) is 52.6 Å². The zero-order valence-electron chi connectivity index (χ0n) is 12.3. The predicted octanol–water partition coefficient (Wildman–Crippen LogP) is 2.12. The minimum atomic E-state index is 0.255. The largest absolute Gasteiger partial charge is 0.380 e. The van der Waals surface area contributed by atoms with E-state index in [-0.39, 0.29) is 5.54 Å². The van der Waals surface area contributed by atoms with Gasteiger partial charge in [0.1, 0.15) is 0 Å². The Morgan fingerprint density at radius 3 is 2.71 bits per heavy atom. The van der Waals surface area contributed by atoms with Crippen molar-refractivity contribution in [3.8, 4) is 0 Å². The molecule has 0 saturated carbocycles. The molecule has 0 bridgehead atoms. The van der Waals surface area contributed by atoms with E-state index in [0.717, 1.165) is 38.8 Å². The van der Waals surface area contributed by atoms with Crippen LogP contribution in [0.3, 0.4) is 0 Å². The fourth-order valence-corrected chi connectivity index (χ4v) is 2.52. The zero-order valence-corrected chi connectivity index (χ0v) is 12.3. The molecule has 3 heteroatoms. The summed E-state index contributed by atoms with van der Waals surface area (Å²) >= 11 is 0. The van der Waals surface area contributed by atoms with E-state index in [1.165, 1.54) is 6.42 Å². The molecule has 17 heavy (non-hydrogen) atoms. The molecule has 3 nitrogen and oxygen atoms in total. The fourth-order valence-electron chi connectivity index (χ4n) is 2.52. The molecule has 1 atom stereocenters. The highest BCUT2D eigenvalue weighted by atomic mass is 16.5. The van der Waals surface area contributed by atoms with Crippen LogP contribution in [-0.4, -0.2) is 49.3 Å². The summed E-state index contributed by atoms with van der Waals surface area (Å²) in [5.74, 6) is 0.766. The quantitative estimate of drug-likeness (QED) is 0.722. The number of piperazine rings is 1. The fraction of sp³-hybridized carbons (Fsp3) is 1.00. The SMILES string of the molecule is CCOCCN1CC(CC(C)C)NCC1(C)C. The standard InChI is InChI=1S/C14H30N2O/c1-6-17-8-7-16-10-13(9-12(2)3)15-11-14(16,4)5/h12-13,15H,6-11H2,1-5H3. The third kappa shape index (κ3) is 4.94. The van der Waals surface area contributed by atoms with Crippen LogP contribution < -0.4 is 5.32 Å². The van der Waals surface area contributed by atoms with Gasteiger partial charge in [-0.15, -0.1) is 0 Å². The topological polar surface area (TPSA) is 24.5 Å². The molecule has 1 unspecified atom stereocenters. The Labute approximate surface area is 107 Å². The van der Waals surface area contributed by atoms with Crippen LogP contribution in [0.15, 0.2) is 0 Å². The van der Waals surface area contributed by atoms with Gasteiger partial charge in [0.15, 0.2) is 0 Å². The summed E-state index contributed by atoms with van der Waals surface area (Å²) in [4.78, 5) is 2.58. The molecule has 1 saturated heterocycles. The second kappa shape index (κ2) is 6.72. The molecule has 1 fully saturated rings. The maximum absolute atomic E-state index is 5.48. The lowest BCUT2D eigenvalue weighted by molar-refractivity contribution is 0.0282. The molecule has 0 aromatic carbocycles. The van der Waals surface area contributed by atoms with Crippen molar-refractivity contribution < 1.29 is 4.74 Å². The lowest BCUT2D eigenvalue weighted by Gasteiger charge is -2.46. The highest BCUT2D eigenvalue weighted by Crippen LogP contribution is 2.20. The normalized spacial score (nSPS) is 25.4. The van der Waals surface area contributed by atoms with Crippen LogP contribution in [0.1, 0.15) is 41.0 Å². The summed E-state index contributed by atoms with van der Waals surface area (Å²) in [5.41, 5.74) is 0.255. The Balaban J connectivity index is 2.44. The van der Waals surface area contributed by atoms with Crippen molar-refractivity contribution in [1.82, 2.24) is 10.2 Å². The van der Waals surface area contributed by atoms with Crippen molar-refractivity contribution in [2.24, 2.45) is 5.92 Å². The van der Waals surface area contributed by atoms with Crippen LogP contribution in [0.5, 0.6) is 0 Å². The molecule has 1 aliphatic heterocycles. The first-order valence-electron chi connectivity index (χ1n) is 7.02. The molecule has 1 N–H and O–H groups in total. The van der Waals surface area contributed by atoms with Crippen LogP contribution in [0.25, 0.3) is 0 Å². The molecule has 0 aromatic rings. The van der Waals surface area contributed by atoms with E-state index < -0.39 is 0 Å². The second-order valence-corrected chi connectivity index (χ2v) is 6.16. The van der Waals surface area contributed by atoms with Gasteiger partial charge in [-0.1, -0.05) is 13.8 Å². The Kier molecular flexibility index (Phi) is 5.90. The lowest BCUT2D eigenvalue weighted by Crippen LogP contribution is -2.62. The van der Waals surface area contributed by atoms with E-state index in [4.69, 9.17) is 4.74 Å². The zero-order chi connectivity index (χ0) is 12.9. The van der Waals surface area contributed by atoms with Crippen LogP contribution >= 0.6 is 0 Å². The molecule has 0 aliphatic carbocycles. The maximum Gasteiger partial charge on any atom is 0.0593 e. The van der Waals surface area contributed by atoms with Gasteiger partial charge in [0.25, 0.3) is 0 Å². The number of hydrogen-bond acceptors (Lipinski definition) is 3. The van der Waals surface area contributed by atoms with Crippen molar-refractivity contribution in [1.29, 1.82) is 0 Å². The average molecular weight is 242 g/mol. The minimum Gasteiger partial charge on any atom is -0.380 e. The van der Waals surface area contributed by atoms with Gasteiger partial charge in [-0.2, -0.15) is 0 Å². The van der Waals surface area contributed by atoms with Gasteiger partial charge in [0, 0.05) is 37.8 Å². The monoisotopic (exact) mass is 242 g/mol. The highest BCUT2D eigenvalue weighted by Gasteiger charge is 2.33. The van der Waals surface area contributed by atoms with Crippen LogP contribution in [0.2, 0.25) is 0 Å². The third-order valence-electron chi connectivity index (χ3n) is 3.59. The van der Waals surface area contributed by atoms with Gasteiger partial charge < -0.3 is 10.1 Å². The first kappa shape index (κ1) is 14.9. The molecule has 0 aromatic heterocycles. The first-order valence-corrected chi connectivity index (χ1v) is 7.02. The molecular weight excluding hydrogens is 212 g/mol.